The second-order valence-corrected chi connectivity index (χ2v) is 6.15. The predicted octanol–water partition coefficient (Wildman–Crippen LogP) is 3.26. The van der Waals surface area contributed by atoms with Gasteiger partial charge < -0.3 is 9.84 Å². The van der Waals surface area contributed by atoms with Crippen molar-refractivity contribution in [1.29, 1.82) is 0 Å². The largest absolute Gasteiger partial charge is 0.497 e. The molecule has 1 aliphatic rings. The van der Waals surface area contributed by atoms with Gasteiger partial charge in [-0.3, -0.25) is 14.3 Å². The van der Waals surface area contributed by atoms with Crippen LogP contribution in [0.5, 0.6) is 11.6 Å². The van der Waals surface area contributed by atoms with Gasteiger partial charge in [0.1, 0.15) is 11.3 Å². The topological polar surface area (TPSA) is 92.5 Å². The van der Waals surface area contributed by atoms with Crippen LogP contribution in [0.1, 0.15) is 11.1 Å². The molecule has 0 bridgehead atoms. The third-order valence-electron chi connectivity index (χ3n) is 4.16. The number of benzene rings is 1. The Kier molecular flexibility index (Phi) is 4.17. The minimum absolute atomic E-state index is 0.0737. The maximum absolute atomic E-state index is 12.4. The number of hydrogen-bond donors (Lipinski definition) is 2. The molecule has 3 aromatic rings. The van der Waals surface area contributed by atoms with Crippen molar-refractivity contribution in [1.82, 2.24) is 14.5 Å². The molecule has 0 amide bonds. The number of aromatic hydroxyl groups is 1. The standard InChI is InChI=1S/C19H14N4O3S/c1-26-13-5-2-4-12(9-13)23-18(25)15(17(24)22-19(23)27)8-11-10-21-16-14(11)6-3-7-20-16/h2-10,25H,1H3,(H,22,24,27)/b11-8-. The zero-order chi connectivity index (χ0) is 19.0. The summed E-state index contributed by atoms with van der Waals surface area (Å²) in [5.41, 5.74) is 1.61. The van der Waals surface area contributed by atoms with Crippen LogP contribution in [0.4, 0.5) is 5.82 Å². The molecule has 7 nitrogen and oxygen atoms in total. The van der Waals surface area contributed by atoms with Crippen molar-refractivity contribution in [3.8, 4) is 17.3 Å². The van der Waals surface area contributed by atoms with Gasteiger partial charge in [-0.1, -0.05) is 6.07 Å². The van der Waals surface area contributed by atoms with Crippen molar-refractivity contribution >= 4 is 35.9 Å². The molecule has 1 aromatic carbocycles. The fraction of sp³-hybridized carbons (Fsp3) is 0.0526. The summed E-state index contributed by atoms with van der Waals surface area (Å²) in [6.07, 6.45) is 4.82. The molecule has 4 rings (SSSR count). The van der Waals surface area contributed by atoms with E-state index in [-0.39, 0.29) is 16.2 Å². The number of aliphatic imine (C=N–C) groups is 1. The number of rotatable bonds is 3. The van der Waals surface area contributed by atoms with Crippen LogP contribution in [0.3, 0.4) is 0 Å². The van der Waals surface area contributed by atoms with Gasteiger partial charge in [0.05, 0.1) is 12.8 Å². The van der Waals surface area contributed by atoms with E-state index in [4.69, 9.17) is 17.0 Å². The van der Waals surface area contributed by atoms with Crippen LogP contribution in [0.15, 0.2) is 52.4 Å². The van der Waals surface area contributed by atoms with Crippen LogP contribution < -0.4 is 10.3 Å². The lowest BCUT2D eigenvalue weighted by Crippen LogP contribution is -2.16. The smallest absolute Gasteiger partial charge is 0.262 e. The fourth-order valence-electron chi connectivity index (χ4n) is 2.85. The van der Waals surface area contributed by atoms with Gasteiger partial charge in [-0.2, -0.15) is 0 Å². The van der Waals surface area contributed by atoms with Crippen molar-refractivity contribution in [2.45, 2.75) is 0 Å². The molecule has 134 valence electrons. The SMILES string of the molecule is COc1cccc(-n2c(O)c(/C=C3/C=Nc4ncccc43)c(=O)[nH]c2=S)c1. The Morgan fingerprint density at radius 3 is 2.96 bits per heavy atom. The van der Waals surface area contributed by atoms with Gasteiger partial charge >= 0.3 is 0 Å². The number of nitrogens with one attached hydrogen (secondary N) is 1. The number of ether oxygens (including phenoxy) is 1. The van der Waals surface area contributed by atoms with Crippen LogP contribution >= 0.6 is 12.2 Å². The van der Waals surface area contributed by atoms with Crippen LogP contribution in [-0.2, 0) is 0 Å². The second-order valence-electron chi connectivity index (χ2n) is 5.77. The van der Waals surface area contributed by atoms with Gasteiger partial charge in [0.15, 0.2) is 10.6 Å². The molecule has 1 aliphatic heterocycles. The zero-order valence-electron chi connectivity index (χ0n) is 14.2. The first-order chi connectivity index (χ1) is 13.1. The normalized spacial score (nSPS) is 13.7. The highest BCUT2D eigenvalue weighted by atomic mass is 32.1. The average Bonchev–Trinajstić information content (AvgIpc) is 3.08. The van der Waals surface area contributed by atoms with Crippen molar-refractivity contribution in [2.24, 2.45) is 4.99 Å². The Balaban J connectivity index is 1.91. The van der Waals surface area contributed by atoms with Crippen LogP contribution in [0, 0.1) is 4.77 Å². The monoisotopic (exact) mass is 378 g/mol. The molecule has 0 unspecified atom stereocenters. The van der Waals surface area contributed by atoms with Gasteiger partial charge in [-0.25, -0.2) is 9.98 Å². The van der Waals surface area contributed by atoms with Crippen molar-refractivity contribution in [2.75, 3.05) is 7.11 Å². The molecule has 0 spiro atoms. The molecule has 8 heteroatoms. The van der Waals surface area contributed by atoms with E-state index in [0.29, 0.717) is 22.8 Å². The quantitative estimate of drug-likeness (QED) is 0.683. The fourth-order valence-corrected chi connectivity index (χ4v) is 3.14. The Morgan fingerprint density at radius 1 is 1.30 bits per heavy atom. The highest BCUT2D eigenvalue weighted by molar-refractivity contribution is 7.71. The lowest BCUT2D eigenvalue weighted by Gasteiger charge is -2.12. The molecule has 2 aromatic heterocycles. The predicted molar refractivity (Wildman–Crippen MR) is 106 cm³/mol. The third kappa shape index (κ3) is 2.96. The number of aromatic nitrogens is 3. The Hall–Kier alpha value is -3.52. The summed E-state index contributed by atoms with van der Waals surface area (Å²) in [6.45, 7) is 0. The first kappa shape index (κ1) is 16.9. The summed E-state index contributed by atoms with van der Waals surface area (Å²) < 4.78 is 6.68. The molecule has 0 saturated carbocycles. The van der Waals surface area contributed by atoms with E-state index >= 15 is 0 Å². The minimum Gasteiger partial charge on any atom is -0.497 e. The van der Waals surface area contributed by atoms with E-state index in [0.717, 1.165) is 5.56 Å². The lowest BCUT2D eigenvalue weighted by molar-refractivity contribution is 0.413. The Bertz CT molecular complexity index is 1220. The summed E-state index contributed by atoms with van der Waals surface area (Å²) in [5.74, 6) is 0.901. The molecule has 27 heavy (non-hydrogen) atoms. The van der Waals surface area contributed by atoms with Gasteiger partial charge in [0.25, 0.3) is 5.56 Å². The van der Waals surface area contributed by atoms with Crippen LogP contribution in [0.25, 0.3) is 17.3 Å². The van der Waals surface area contributed by atoms with Gasteiger partial charge in [0, 0.05) is 29.6 Å². The summed E-state index contributed by atoms with van der Waals surface area (Å²) in [5, 5.41) is 10.8. The van der Waals surface area contributed by atoms with Gasteiger partial charge in [-0.15, -0.1) is 0 Å². The van der Waals surface area contributed by atoms with E-state index in [9.17, 15) is 9.90 Å². The first-order valence-electron chi connectivity index (χ1n) is 8.02. The number of hydrogen-bond acceptors (Lipinski definition) is 6. The number of allylic oxidation sites excluding steroid dienone is 1. The van der Waals surface area contributed by atoms with Gasteiger partial charge in [-0.05, 0) is 42.6 Å². The molecule has 0 radical (unpaired) electrons. The van der Waals surface area contributed by atoms with E-state index in [2.05, 4.69) is 15.0 Å². The van der Waals surface area contributed by atoms with Gasteiger partial charge in [0.2, 0.25) is 5.88 Å². The Labute approximate surface area is 159 Å². The molecule has 3 heterocycles. The number of methoxy groups -OCH3 is 1. The summed E-state index contributed by atoms with van der Waals surface area (Å²) in [7, 11) is 1.55. The van der Waals surface area contributed by atoms with E-state index < -0.39 is 5.56 Å². The highest BCUT2D eigenvalue weighted by Gasteiger charge is 2.17. The first-order valence-corrected chi connectivity index (χ1v) is 8.43. The van der Waals surface area contributed by atoms with E-state index in [1.165, 1.54) is 4.57 Å². The minimum atomic E-state index is -0.491. The number of fused-ring (bicyclic) bond motifs is 1. The molecular weight excluding hydrogens is 364 g/mol. The summed E-state index contributed by atoms with van der Waals surface area (Å²) >= 11 is 5.24. The van der Waals surface area contributed by atoms with Crippen LogP contribution in [-0.4, -0.2) is 33.0 Å². The maximum atomic E-state index is 12.4. The van der Waals surface area contributed by atoms with E-state index in [1.54, 1.807) is 55.9 Å². The highest BCUT2D eigenvalue weighted by Crippen LogP contribution is 2.31. The Morgan fingerprint density at radius 2 is 2.15 bits per heavy atom. The number of aromatic amines is 1. The lowest BCUT2D eigenvalue weighted by atomic mass is 10.1. The molecule has 0 saturated heterocycles. The number of pyridine rings is 1. The van der Waals surface area contributed by atoms with Crippen molar-refractivity contribution in [3.05, 3.63) is 68.8 Å². The van der Waals surface area contributed by atoms with Crippen molar-refractivity contribution < 1.29 is 9.84 Å². The zero-order valence-corrected chi connectivity index (χ0v) is 15.0. The maximum Gasteiger partial charge on any atom is 0.262 e. The van der Waals surface area contributed by atoms with Crippen LogP contribution in [0.2, 0.25) is 0 Å². The number of nitrogens with zero attached hydrogens (tertiary/aromatic N) is 3. The number of H-pyrrole nitrogens is 1. The molecular formula is C19H14N4O3S. The molecule has 0 aliphatic carbocycles. The summed E-state index contributed by atoms with van der Waals surface area (Å²) in [4.78, 5) is 23.4. The van der Waals surface area contributed by atoms with E-state index in [1.807, 2.05) is 6.07 Å². The molecule has 2 N–H and O–H groups in total. The summed E-state index contributed by atoms with van der Waals surface area (Å²) in [6, 6.07) is 10.6. The van der Waals surface area contributed by atoms with Crippen molar-refractivity contribution in [3.63, 3.8) is 0 Å². The third-order valence-corrected chi connectivity index (χ3v) is 4.44. The second kappa shape index (κ2) is 6.65. The molecule has 0 atom stereocenters. The average molecular weight is 378 g/mol. The molecule has 0 fully saturated rings.